The van der Waals surface area contributed by atoms with Gasteiger partial charge in [-0.1, -0.05) is 0 Å². The van der Waals surface area contributed by atoms with Crippen LogP contribution >= 0.6 is 0 Å². The Morgan fingerprint density at radius 2 is 2.27 bits per heavy atom. The molecule has 0 aliphatic heterocycles. The minimum absolute atomic E-state index is 0.949. The number of hydrogen-bond donors (Lipinski definition) is 0. The van der Waals surface area contributed by atoms with Gasteiger partial charge in [-0.15, -0.1) is 0 Å². The van der Waals surface area contributed by atoms with Crippen molar-refractivity contribution in [2.45, 2.75) is 6.92 Å². The lowest BCUT2D eigenvalue weighted by atomic mass is 10.4. The van der Waals surface area contributed by atoms with E-state index in [4.69, 9.17) is 0 Å². The van der Waals surface area contributed by atoms with E-state index in [9.17, 15) is 0 Å². The van der Waals surface area contributed by atoms with Crippen molar-refractivity contribution in [3.05, 3.63) is 24.2 Å². The van der Waals surface area contributed by atoms with Gasteiger partial charge in [0.1, 0.15) is 11.3 Å². The number of nitrogens with zero attached hydrogens (tertiary/aromatic N) is 3. The first-order valence-electron chi connectivity index (χ1n) is 3.53. The molecule has 2 aromatic rings. The van der Waals surface area contributed by atoms with E-state index in [1.165, 1.54) is 0 Å². The van der Waals surface area contributed by atoms with Crippen molar-refractivity contribution in [3.8, 4) is 0 Å². The summed E-state index contributed by atoms with van der Waals surface area (Å²) >= 11 is 0. The Balaban J connectivity index is 2.92. The number of aryl methyl sites for hydroxylation is 2. The van der Waals surface area contributed by atoms with Gasteiger partial charge in [-0.25, -0.2) is 9.97 Å². The van der Waals surface area contributed by atoms with E-state index in [1.807, 2.05) is 30.7 Å². The third-order valence-electron chi connectivity index (χ3n) is 1.85. The van der Waals surface area contributed by atoms with Crippen LogP contribution in [0.4, 0.5) is 0 Å². The zero-order valence-corrected chi connectivity index (χ0v) is 6.57. The Morgan fingerprint density at radius 3 is 3.00 bits per heavy atom. The summed E-state index contributed by atoms with van der Waals surface area (Å²) in [5, 5.41) is 0. The number of aromatic nitrogens is 3. The van der Waals surface area contributed by atoms with Crippen molar-refractivity contribution in [1.29, 1.82) is 0 Å². The summed E-state index contributed by atoms with van der Waals surface area (Å²) in [6.45, 7) is 1.97. The van der Waals surface area contributed by atoms with E-state index in [1.54, 1.807) is 6.20 Å². The molecule has 11 heavy (non-hydrogen) atoms. The molecule has 3 heteroatoms. The van der Waals surface area contributed by atoms with Crippen molar-refractivity contribution >= 4 is 11.2 Å². The molecule has 0 N–H and O–H groups in total. The molecule has 0 saturated heterocycles. The molecular weight excluding hydrogens is 138 g/mol. The van der Waals surface area contributed by atoms with Gasteiger partial charge in [0.05, 0.1) is 0 Å². The molecule has 2 aromatic heterocycles. The van der Waals surface area contributed by atoms with E-state index in [0.29, 0.717) is 0 Å². The summed E-state index contributed by atoms with van der Waals surface area (Å²) < 4.78 is 1.98. The van der Waals surface area contributed by atoms with Gasteiger partial charge in [0, 0.05) is 13.2 Å². The van der Waals surface area contributed by atoms with Crippen molar-refractivity contribution in [2.75, 3.05) is 0 Å². The van der Waals surface area contributed by atoms with Gasteiger partial charge in [-0.2, -0.15) is 0 Å². The molecule has 0 amide bonds. The van der Waals surface area contributed by atoms with Crippen LogP contribution in [0.3, 0.4) is 0 Å². The molecule has 56 valence electrons. The fraction of sp³-hybridized carbons (Fsp3) is 0.250. The zero-order chi connectivity index (χ0) is 7.84. The summed E-state index contributed by atoms with van der Waals surface area (Å²) in [6, 6.07) is 3.87. The quantitative estimate of drug-likeness (QED) is 0.562. The van der Waals surface area contributed by atoms with Crippen LogP contribution in [-0.4, -0.2) is 14.5 Å². The van der Waals surface area contributed by atoms with Crippen LogP contribution in [0.15, 0.2) is 18.3 Å². The average Bonchev–Trinajstić information content (AvgIpc) is 2.30. The first-order chi connectivity index (χ1) is 5.29. The maximum atomic E-state index is 4.31. The van der Waals surface area contributed by atoms with E-state index >= 15 is 0 Å². The van der Waals surface area contributed by atoms with Gasteiger partial charge in [0.15, 0.2) is 5.65 Å². The second kappa shape index (κ2) is 2.05. The molecule has 0 aliphatic rings. The Labute approximate surface area is 64.7 Å². The predicted molar refractivity (Wildman–Crippen MR) is 43.2 cm³/mol. The highest BCUT2D eigenvalue weighted by atomic mass is 15.1. The fourth-order valence-corrected chi connectivity index (χ4v) is 1.14. The van der Waals surface area contributed by atoms with Gasteiger partial charge in [0.2, 0.25) is 0 Å². The van der Waals surface area contributed by atoms with E-state index in [2.05, 4.69) is 9.97 Å². The molecule has 2 rings (SSSR count). The highest BCUT2D eigenvalue weighted by Crippen LogP contribution is 2.09. The molecule has 2 heterocycles. The monoisotopic (exact) mass is 147 g/mol. The first kappa shape index (κ1) is 6.34. The summed E-state index contributed by atoms with van der Waals surface area (Å²) in [5.41, 5.74) is 1.91. The van der Waals surface area contributed by atoms with Crippen LogP contribution in [-0.2, 0) is 7.05 Å². The van der Waals surface area contributed by atoms with Crippen molar-refractivity contribution < 1.29 is 0 Å². The van der Waals surface area contributed by atoms with Crippen LogP contribution in [0.2, 0.25) is 0 Å². The normalized spacial score (nSPS) is 10.7. The molecule has 0 fully saturated rings. The molecule has 3 nitrogen and oxygen atoms in total. The minimum Gasteiger partial charge on any atom is -0.316 e. The minimum atomic E-state index is 0.949. The zero-order valence-electron chi connectivity index (χ0n) is 6.57. The van der Waals surface area contributed by atoms with Crippen LogP contribution in [0.25, 0.3) is 11.2 Å². The predicted octanol–water partition coefficient (Wildman–Crippen LogP) is 1.28. The maximum absolute atomic E-state index is 4.31. The summed E-state index contributed by atoms with van der Waals surface area (Å²) in [5.74, 6) is 0.999. The van der Waals surface area contributed by atoms with Gasteiger partial charge in [-0.3, -0.25) is 0 Å². The first-order valence-corrected chi connectivity index (χ1v) is 3.53. The Bertz CT molecular complexity index is 389. The molecule has 0 unspecified atom stereocenters. The van der Waals surface area contributed by atoms with E-state index < -0.39 is 0 Å². The van der Waals surface area contributed by atoms with Crippen LogP contribution < -0.4 is 0 Å². The number of fused-ring (bicyclic) bond motifs is 1. The standard InChI is InChI=1S/C8H9N3/c1-6-10-7-4-3-5-9-8(7)11(6)2/h3-5H,1-2H3. The van der Waals surface area contributed by atoms with Gasteiger partial charge < -0.3 is 4.57 Å². The van der Waals surface area contributed by atoms with Gasteiger partial charge in [-0.05, 0) is 19.1 Å². The highest BCUT2D eigenvalue weighted by molar-refractivity contribution is 5.70. The van der Waals surface area contributed by atoms with Crippen molar-refractivity contribution in [2.24, 2.45) is 7.05 Å². The number of pyridine rings is 1. The van der Waals surface area contributed by atoms with E-state index in [-0.39, 0.29) is 0 Å². The summed E-state index contributed by atoms with van der Waals surface area (Å²) in [4.78, 5) is 8.52. The lowest BCUT2D eigenvalue weighted by molar-refractivity contribution is 0.874. The molecule has 0 atom stereocenters. The molecular formula is C8H9N3. The summed E-state index contributed by atoms with van der Waals surface area (Å²) in [7, 11) is 1.97. The second-order valence-corrected chi connectivity index (χ2v) is 2.56. The molecule has 0 bridgehead atoms. The third kappa shape index (κ3) is 0.808. The fourth-order valence-electron chi connectivity index (χ4n) is 1.14. The van der Waals surface area contributed by atoms with Crippen LogP contribution in [0.1, 0.15) is 5.82 Å². The molecule has 0 saturated carbocycles. The second-order valence-electron chi connectivity index (χ2n) is 2.56. The molecule has 0 aromatic carbocycles. The van der Waals surface area contributed by atoms with Gasteiger partial charge in [0.25, 0.3) is 0 Å². The Morgan fingerprint density at radius 1 is 1.45 bits per heavy atom. The molecule has 0 aliphatic carbocycles. The lowest BCUT2D eigenvalue weighted by Crippen LogP contribution is -1.91. The Kier molecular flexibility index (Phi) is 1.18. The smallest absolute Gasteiger partial charge is 0.159 e. The molecule has 0 spiro atoms. The molecule has 0 radical (unpaired) electrons. The number of imidazole rings is 1. The number of hydrogen-bond acceptors (Lipinski definition) is 2. The van der Waals surface area contributed by atoms with Gasteiger partial charge >= 0.3 is 0 Å². The van der Waals surface area contributed by atoms with Crippen LogP contribution in [0, 0.1) is 6.92 Å². The van der Waals surface area contributed by atoms with Crippen LogP contribution in [0.5, 0.6) is 0 Å². The average molecular weight is 147 g/mol. The lowest BCUT2D eigenvalue weighted by Gasteiger charge is -1.92. The largest absolute Gasteiger partial charge is 0.316 e. The van der Waals surface area contributed by atoms with Crippen molar-refractivity contribution in [3.63, 3.8) is 0 Å². The SMILES string of the molecule is Cc1nc2cccnc2n1C. The van der Waals surface area contributed by atoms with Crippen molar-refractivity contribution in [1.82, 2.24) is 14.5 Å². The number of rotatable bonds is 0. The topological polar surface area (TPSA) is 30.7 Å². The Hall–Kier alpha value is -1.38. The maximum Gasteiger partial charge on any atom is 0.159 e. The third-order valence-corrected chi connectivity index (χ3v) is 1.85. The summed E-state index contributed by atoms with van der Waals surface area (Å²) in [6.07, 6.45) is 1.78. The highest BCUT2D eigenvalue weighted by Gasteiger charge is 2.01. The van der Waals surface area contributed by atoms with E-state index in [0.717, 1.165) is 17.0 Å².